The minimum absolute atomic E-state index is 0.133. The Labute approximate surface area is 174 Å². The summed E-state index contributed by atoms with van der Waals surface area (Å²) in [7, 11) is 0. The molecule has 0 amide bonds. The van der Waals surface area contributed by atoms with E-state index in [0.29, 0.717) is 6.54 Å². The van der Waals surface area contributed by atoms with Crippen molar-refractivity contribution in [1.82, 2.24) is 0 Å². The maximum Gasteiger partial charge on any atom is 0.270 e. The predicted molar refractivity (Wildman–Crippen MR) is 109 cm³/mol. The van der Waals surface area contributed by atoms with Crippen molar-refractivity contribution in [1.29, 1.82) is 0 Å². The maximum atomic E-state index is 13.2. The highest BCUT2D eigenvalue weighted by atomic mass is 32.1. The molecule has 29 heavy (non-hydrogen) atoms. The number of Topliss-reactive ketones (excluding diaryl/α,β-unsaturated/α-hetero) is 1. The van der Waals surface area contributed by atoms with E-state index < -0.39 is 11.0 Å². The smallest absolute Gasteiger partial charge is 0.270 e. The first-order chi connectivity index (χ1) is 14.1. The first-order valence-electron chi connectivity index (χ1n) is 9.43. The summed E-state index contributed by atoms with van der Waals surface area (Å²) in [5.41, 5.74) is 0.100. The summed E-state index contributed by atoms with van der Waals surface area (Å²) in [5.74, 6) is -0.322. The Balaban J connectivity index is 1.82. The van der Waals surface area contributed by atoms with Crippen molar-refractivity contribution in [2.24, 2.45) is 4.99 Å². The summed E-state index contributed by atoms with van der Waals surface area (Å²) >= 11 is 5.51. The number of nitrogens with zero attached hydrogens (tertiary/aromatic N) is 3. The molecule has 0 unspecified atom stereocenters. The van der Waals surface area contributed by atoms with Gasteiger partial charge in [0.25, 0.3) is 5.69 Å². The number of ether oxygens (including phenoxy) is 1. The third kappa shape index (κ3) is 5.63. The standard InChI is InChI=1S/C20H22N4O4S/c25-19(16-5-4-6-17(15-16)24(26)27)18(23-8-2-1-3-9-23)20(29)21-7-10-22-11-13-28-14-12-22/h1-6,8-9,15,18H,7,10-14H2/p+1/t18-/m1/s1. The zero-order valence-electron chi connectivity index (χ0n) is 15.9. The normalized spacial score (nSPS) is 16.3. The van der Waals surface area contributed by atoms with Gasteiger partial charge in [0.1, 0.15) is 13.1 Å². The van der Waals surface area contributed by atoms with Crippen molar-refractivity contribution in [3.05, 3.63) is 70.5 Å². The number of pyridine rings is 1. The Morgan fingerprint density at radius 3 is 2.66 bits per heavy atom. The summed E-state index contributed by atoms with van der Waals surface area (Å²) < 4.78 is 7.05. The number of nitro groups is 1. The lowest BCUT2D eigenvalue weighted by atomic mass is 10.0. The van der Waals surface area contributed by atoms with E-state index in [1.165, 1.54) is 23.1 Å². The average molecular weight is 415 g/mol. The zero-order valence-corrected chi connectivity index (χ0v) is 16.7. The number of nitro benzene ring substituents is 1. The van der Waals surface area contributed by atoms with E-state index in [0.717, 1.165) is 32.8 Å². The number of benzene rings is 1. The van der Waals surface area contributed by atoms with Crippen LogP contribution in [0.2, 0.25) is 0 Å². The van der Waals surface area contributed by atoms with E-state index in [-0.39, 0.29) is 22.1 Å². The molecular formula is C20H23N4O4S+. The highest BCUT2D eigenvalue weighted by Gasteiger charge is 2.29. The van der Waals surface area contributed by atoms with Gasteiger partial charge in [-0.2, -0.15) is 4.57 Å². The Bertz CT molecular complexity index is 885. The molecule has 0 radical (unpaired) electrons. The van der Waals surface area contributed by atoms with E-state index >= 15 is 0 Å². The summed E-state index contributed by atoms with van der Waals surface area (Å²) in [4.78, 5) is 29.7. The van der Waals surface area contributed by atoms with Crippen LogP contribution in [0.5, 0.6) is 0 Å². The molecule has 0 bridgehead atoms. The fourth-order valence-electron chi connectivity index (χ4n) is 3.21. The number of non-ortho nitro benzene ring substituents is 1. The lowest BCUT2D eigenvalue weighted by molar-refractivity contribution is -0.906. The van der Waals surface area contributed by atoms with Crippen LogP contribution in [0, 0.1) is 10.1 Å². The van der Waals surface area contributed by atoms with E-state index in [2.05, 4.69) is 4.99 Å². The van der Waals surface area contributed by atoms with Crippen molar-refractivity contribution in [2.45, 2.75) is 6.04 Å². The molecule has 1 atom stereocenters. The van der Waals surface area contributed by atoms with Crippen LogP contribution in [-0.4, -0.2) is 55.1 Å². The quantitative estimate of drug-likeness (QED) is 0.126. The molecule has 1 aliphatic rings. The van der Waals surface area contributed by atoms with Crippen molar-refractivity contribution in [3.63, 3.8) is 0 Å². The summed E-state index contributed by atoms with van der Waals surface area (Å²) in [5, 5.41) is 11.3. The summed E-state index contributed by atoms with van der Waals surface area (Å²) in [6.07, 6.45) is 3.49. The largest absolute Gasteiger partial charge is 0.758 e. The van der Waals surface area contributed by atoms with Crippen LogP contribution in [0.1, 0.15) is 16.4 Å². The molecule has 152 valence electrons. The molecule has 0 spiro atoms. The van der Waals surface area contributed by atoms with E-state index in [9.17, 15) is 14.9 Å². The van der Waals surface area contributed by atoms with E-state index in [1.807, 2.05) is 6.07 Å². The van der Waals surface area contributed by atoms with E-state index in [4.69, 9.17) is 17.4 Å². The SMILES string of the molecule is O=C(c1cccc([N+](=O)[O-])c1)[C@H](C([S-])=NCC[NH+]1CCOCC1)[n+]1ccccc1. The molecule has 0 aliphatic carbocycles. The molecule has 1 aromatic carbocycles. The summed E-state index contributed by atoms with van der Waals surface area (Å²) in [6, 6.07) is 10.3. The molecule has 2 heterocycles. The molecule has 8 nitrogen and oxygen atoms in total. The van der Waals surface area contributed by atoms with Crippen LogP contribution in [-0.2, 0) is 17.4 Å². The Kier molecular flexibility index (Phi) is 7.34. The minimum atomic E-state index is -0.826. The van der Waals surface area contributed by atoms with Crippen LogP contribution in [0.15, 0.2) is 59.9 Å². The number of ketones is 1. The fourth-order valence-corrected chi connectivity index (χ4v) is 3.53. The maximum absolute atomic E-state index is 13.2. The van der Waals surface area contributed by atoms with Gasteiger partial charge in [0.2, 0.25) is 11.8 Å². The molecule has 3 rings (SSSR count). The van der Waals surface area contributed by atoms with Crippen molar-refractivity contribution in [3.8, 4) is 0 Å². The number of hydrogen-bond donors (Lipinski definition) is 1. The summed E-state index contributed by atoms with van der Waals surface area (Å²) in [6.45, 7) is 4.69. The third-order valence-electron chi connectivity index (χ3n) is 4.79. The molecule has 1 aliphatic heterocycles. The van der Waals surface area contributed by atoms with Crippen LogP contribution < -0.4 is 9.47 Å². The second-order valence-electron chi connectivity index (χ2n) is 6.73. The van der Waals surface area contributed by atoms with Crippen molar-refractivity contribution in [2.75, 3.05) is 39.4 Å². The number of rotatable bonds is 8. The lowest BCUT2D eigenvalue weighted by Crippen LogP contribution is -3.14. The predicted octanol–water partition coefficient (Wildman–Crippen LogP) is 0.167. The molecule has 1 N–H and O–H groups in total. The zero-order chi connectivity index (χ0) is 20.6. The first-order valence-corrected chi connectivity index (χ1v) is 9.84. The number of nitrogens with one attached hydrogen (secondary N) is 1. The van der Waals surface area contributed by atoms with Gasteiger partial charge in [-0.1, -0.05) is 18.2 Å². The van der Waals surface area contributed by atoms with Gasteiger partial charge in [-0.25, -0.2) is 0 Å². The van der Waals surface area contributed by atoms with Gasteiger partial charge in [0, 0.05) is 29.8 Å². The number of morpholine rings is 1. The highest BCUT2D eigenvalue weighted by Crippen LogP contribution is 2.17. The Hall–Kier alpha value is -2.75. The van der Waals surface area contributed by atoms with Crippen molar-refractivity contribution < 1.29 is 23.9 Å². The third-order valence-corrected chi connectivity index (χ3v) is 5.15. The van der Waals surface area contributed by atoms with Gasteiger partial charge in [-0.05, 0) is 5.04 Å². The fraction of sp³-hybridized carbons (Fsp3) is 0.350. The number of hydrogen-bond acceptors (Lipinski definition) is 6. The first kappa shape index (κ1) is 21.0. The van der Waals surface area contributed by atoms with Gasteiger partial charge in [-0.15, -0.1) is 0 Å². The van der Waals surface area contributed by atoms with Gasteiger partial charge in [0.15, 0.2) is 12.4 Å². The van der Waals surface area contributed by atoms with Crippen LogP contribution >= 0.6 is 0 Å². The monoisotopic (exact) mass is 415 g/mol. The van der Waals surface area contributed by atoms with Gasteiger partial charge < -0.3 is 27.3 Å². The molecule has 1 aromatic heterocycles. The minimum Gasteiger partial charge on any atom is -0.758 e. The Morgan fingerprint density at radius 2 is 1.97 bits per heavy atom. The van der Waals surface area contributed by atoms with E-state index in [1.54, 1.807) is 35.2 Å². The molecule has 1 saturated heterocycles. The number of quaternary nitrogens is 1. The van der Waals surface area contributed by atoms with Gasteiger partial charge in [-0.3, -0.25) is 14.9 Å². The number of carbonyl (C=O) groups excluding carboxylic acids is 1. The van der Waals surface area contributed by atoms with Crippen LogP contribution in [0.3, 0.4) is 0 Å². The number of aliphatic imine (C=N–C) groups is 1. The number of carbonyl (C=O) groups is 1. The molecule has 0 saturated carbocycles. The van der Waals surface area contributed by atoms with Crippen LogP contribution in [0.4, 0.5) is 5.69 Å². The highest BCUT2D eigenvalue weighted by molar-refractivity contribution is 7.77. The number of aromatic nitrogens is 1. The lowest BCUT2D eigenvalue weighted by Gasteiger charge is -2.24. The second kappa shape index (κ2) is 10.1. The topological polar surface area (TPSA) is 90.1 Å². The molecule has 1 fully saturated rings. The average Bonchev–Trinajstić information content (AvgIpc) is 2.75. The van der Waals surface area contributed by atoms with Crippen molar-refractivity contribution >= 4 is 29.1 Å². The molecule has 9 heteroatoms. The van der Waals surface area contributed by atoms with Crippen LogP contribution in [0.25, 0.3) is 0 Å². The Morgan fingerprint density at radius 1 is 1.24 bits per heavy atom. The second-order valence-corrected chi connectivity index (χ2v) is 7.15. The molecule has 2 aromatic rings. The van der Waals surface area contributed by atoms with Gasteiger partial charge >= 0.3 is 0 Å². The molecular weight excluding hydrogens is 392 g/mol. The van der Waals surface area contributed by atoms with Gasteiger partial charge in [0.05, 0.1) is 31.2 Å².